The molecule has 0 aliphatic carbocycles. The Morgan fingerprint density at radius 2 is 1.77 bits per heavy atom. The number of rotatable bonds is 8. The topological polar surface area (TPSA) is 28.1 Å². The third kappa shape index (κ3) is 5.64. The second-order valence-corrected chi connectivity index (χ2v) is 6.49. The van der Waals surface area contributed by atoms with Gasteiger partial charge in [0.05, 0.1) is 19.1 Å². The van der Waals surface area contributed by atoms with Gasteiger partial charge in [-0.1, -0.05) is 18.2 Å². The first kappa shape index (κ1) is 20.1. The Labute approximate surface area is 155 Å². The lowest BCUT2D eigenvalue weighted by atomic mass is 10.0. The van der Waals surface area contributed by atoms with Gasteiger partial charge in [0, 0.05) is 26.7 Å². The van der Waals surface area contributed by atoms with Crippen molar-refractivity contribution in [2.45, 2.75) is 33.9 Å². The fourth-order valence-electron chi connectivity index (χ4n) is 2.58. The minimum absolute atomic E-state index is 0.228. The Hall–Kier alpha value is -2.24. The fraction of sp³-hybridized carbons (Fsp3) is 0.381. The molecule has 0 fully saturated rings. The molecular formula is C21H28FN3O. The zero-order valence-electron chi connectivity index (χ0n) is 16.3. The molecule has 0 N–H and O–H groups in total. The first-order chi connectivity index (χ1) is 12.4. The van der Waals surface area contributed by atoms with Gasteiger partial charge in [0.15, 0.2) is 0 Å². The Bertz CT molecular complexity index is 744. The summed E-state index contributed by atoms with van der Waals surface area (Å²) in [5.41, 5.74) is 5.47. The predicted molar refractivity (Wildman–Crippen MR) is 105 cm³/mol. The first-order valence-electron chi connectivity index (χ1n) is 8.81. The van der Waals surface area contributed by atoms with Crippen molar-refractivity contribution in [1.29, 1.82) is 0 Å². The molecule has 0 bridgehead atoms. The van der Waals surface area contributed by atoms with Crippen LogP contribution in [0.2, 0.25) is 0 Å². The Balaban J connectivity index is 2.13. The normalized spacial score (nSPS) is 11.5. The van der Waals surface area contributed by atoms with Crippen LogP contribution in [0.15, 0.2) is 41.4 Å². The largest absolute Gasteiger partial charge is 0.366 e. The first-order valence-corrected chi connectivity index (χ1v) is 8.81. The highest BCUT2D eigenvalue weighted by Gasteiger charge is 2.10. The van der Waals surface area contributed by atoms with Crippen molar-refractivity contribution in [3.05, 3.63) is 64.5 Å². The van der Waals surface area contributed by atoms with E-state index < -0.39 is 0 Å². The van der Waals surface area contributed by atoms with E-state index in [1.165, 1.54) is 23.3 Å². The Kier molecular flexibility index (Phi) is 7.30. The number of benzene rings is 2. The quantitative estimate of drug-likeness (QED) is 0.392. The highest BCUT2D eigenvalue weighted by atomic mass is 19.1. The molecule has 140 valence electrons. The summed E-state index contributed by atoms with van der Waals surface area (Å²) in [6.45, 7) is 8.41. The summed E-state index contributed by atoms with van der Waals surface area (Å²) in [7, 11) is 3.66. The van der Waals surface area contributed by atoms with Crippen molar-refractivity contribution in [2.24, 2.45) is 4.99 Å². The molecule has 0 saturated carbocycles. The van der Waals surface area contributed by atoms with Gasteiger partial charge in [-0.15, -0.1) is 0 Å². The molecule has 2 aromatic rings. The van der Waals surface area contributed by atoms with Crippen molar-refractivity contribution >= 4 is 12.0 Å². The SMILES string of the molecule is CCN(C)C=Nc1cc(C)c(CN(Cc2ccc(F)cc2)OC)cc1C. The van der Waals surface area contributed by atoms with E-state index in [4.69, 9.17) is 4.84 Å². The van der Waals surface area contributed by atoms with Crippen LogP contribution >= 0.6 is 0 Å². The molecule has 0 saturated heterocycles. The van der Waals surface area contributed by atoms with Crippen LogP contribution < -0.4 is 0 Å². The summed E-state index contributed by atoms with van der Waals surface area (Å²) in [6, 6.07) is 10.8. The van der Waals surface area contributed by atoms with Gasteiger partial charge >= 0.3 is 0 Å². The molecule has 2 rings (SSSR count). The highest BCUT2D eigenvalue weighted by molar-refractivity contribution is 5.63. The molecule has 26 heavy (non-hydrogen) atoms. The monoisotopic (exact) mass is 357 g/mol. The van der Waals surface area contributed by atoms with E-state index in [1.54, 1.807) is 19.2 Å². The Morgan fingerprint density at radius 1 is 1.08 bits per heavy atom. The number of halogens is 1. The van der Waals surface area contributed by atoms with Crippen molar-refractivity contribution < 1.29 is 9.23 Å². The molecular weight excluding hydrogens is 329 g/mol. The summed E-state index contributed by atoms with van der Waals surface area (Å²) in [4.78, 5) is 12.1. The van der Waals surface area contributed by atoms with Crippen LogP contribution in [0, 0.1) is 19.7 Å². The van der Waals surface area contributed by atoms with Crippen LogP contribution in [0.4, 0.5) is 10.1 Å². The van der Waals surface area contributed by atoms with Gasteiger partial charge in [-0.3, -0.25) is 0 Å². The third-order valence-corrected chi connectivity index (χ3v) is 4.42. The van der Waals surface area contributed by atoms with Gasteiger partial charge in [0.2, 0.25) is 0 Å². The van der Waals surface area contributed by atoms with Gasteiger partial charge in [0.1, 0.15) is 5.82 Å². The molecule has 4 nitrogen and oxygen atoms in total. The zero-order chi connectivity index (χ0) is 19.1. The predicted octanol–water partition coefficient (Wildman–Crippen LogP) is 4.62. The minimum atomic E-state index is -0.228. The number of hydrogen-bond acceptors (Lipinski definition) is 3. The van der Waals surface area contributed by atoms with E-state index in [2.05, 4.69) is 37.9 Å². The second kappa shape index (κ2) is 9.46. The van der Waals surface area contributed by atoms with Gasteiger partial charge in [-0.25, -0.2) is 9.38 Å². The standard InChI is InChI=1S/C21H28FN3O/c1-6-24(4)15-23-21-12-16(2)19(11-17(21)3)14-25(26-5)13-18-7-9-20(22)10-8-18/h7-12,15H,6,13-14H2,1-5H3. The van der Waals surface area contributed by atoms with E-state index in [-0.39, 0.29) is 5.82 Å². The maximum absolute atomic E-state index is 13.1. The molecule has 0 atom stereocenters. The lowest BCUT2D eigenvalue weighted by molar-refractivity contribution is -0.146. The number of nitrogens with zero attached hydrogens (tertiary/aromatic N) is 3. The second-order valence-electron chi connectivity index (χ2n) is 6.49. The van der Waals surface area contributed by atoms with Gasteiger partial charge in [-0.2, -0.15) is 5.06 Å². The molecule has 0 aromatic heterocycles. The van der Waals surface area contributed by atoms with Crippen LogP contribution in [0.25, 0.3) is 0 Å². The molecule has 5 heteroatoms. The van der Waals surface area contributed by atoms with Crippen molar-refractivity contribution in [1.82, 2.24) is 9.96 Å². The van der Waals surface area contributed by atoms with E-state index in [9.17, 15) is 4.39 Å². The summed E-state index contributed by atoms with van der Waals surface area (Å²) in [5.74, 6) is -0.228. The average Bonchev–Trinajstić information content (AvgIpc) is 2.63. The molecule has 0 spiro atoms. The van der Waals surface area contributed by atoms with E-state index in [1.807, 2.05) is 23.3 Å². The zero-order valence-corrected chi connectivity index (χ0v) is 16.3. The van der Waals surface area contributed by atoms with Crippen LogP contribution in [0.5, 0.6) is 0 Å². The third-order valence-electron chi connectivity index (χ3n) is 4.42. The summed E-state index contributed by atoms with van der Waals surface area (Å²) in [5, 5.41) is 1.86. The van der Waals surface area contributed by atoms with Crippen molar-refractivity contribution in [3.63, 3.8) is 0 Å². The molecule has 0 heterocycles. The maximum atomic E-state index is 13.1. The van der Waals surface area contributed by atoms with Crippen LogP contribution in [0.3, 0.4) is 0 Å². The molecule has 0 amide bonds. The summed E-state index contributed by atoms with van der Waals surface area (Å²) < 4.78 is 13.1. The van der Waals surface area contributed by atoms with Crippen LogP contribution in [-0.2, 0) is 17.9 Å². The lowest BCUT2D eigenvalue weighted by Crippen LogP contribution is -2.22. The van der Waals surface area contributed by atoms with E-state index >= 15 is 0 Å². The van der Waals surface area contributed by atoms with Crippen molar-refractivity contribution in [3.8, 4) is 0 Å². The molecule has 2 aromatic carbocycles. The number of aliphatic imine (C=N–C) groups is 1. The highest BCUT2D eigenvalue weighted by Crippen LogP contribution is 2.24. The smallest absolute Gasteiger partial charge is 0.123 e. The van der Waals surface area contributed by atoms with Crippen LogP contribution in [-0.4, -0.2) is 37.0 Å². The van der Waals surface area contributed by atoms with E-state index in [0.29, 0.717) is 13.1 Å². The number of hydrogen-bond donors (Lipinski definition) is 0. The summed E-state index contributed by atoms with van der Waals surface area (Å²) >= 11 is 0. The minimum Gasteiger partial charge on any atom is -0.366 e. The van der Waals surface area contributed by atoms with Crippen LogP contribution in [0.1, 0.15) is 29.2 Å². The fourth-order valence-corrected chi connectivity index (χ4v) is 2.58. The van der Waals surface area contributed by atoms with Gasteiger partial charge in [-0.05, 0) is 61.2 Å². The molecule has 0 aliphatic heterocycles. The summed E-state index contributed by atoms with van der Waals surface area (Å²) in [6.07, 6.45) is 1.86. The number of hydroxylamine groups is 2. The van der Waals surface area contributed by atoms with Gasteiger partial charge < -0.3 is 9.74 Å². The molecule has 0 unspecified atom stereocenters. The van der Waals surface area contributed by atoms with Gasteiger partial charge in [0.25, 0.3) is 0 Å². The average molecular weight is 357 g/mol. The molecule has 0 radical (unpaired) electrons. The molecule has 0 aliphatic rings. The van der Waals surface area contributed by atoms with Crippen molar-refractivity contribution in [2.75, 3.05) is 20.7 Å². The maximum Gasteiger partial charge on any atom is 0.123 e. The van der Waals surface area contributed by atoms with E-state index in [0.717, 1.165) is 23.4 Å². The lowest BCUT2D eigenvalue weighted by Gasteiger charge is -2.21. The number of aryl methyl sites for hydroxylation is 2. The Morgan fingerprint density at radius 3 is 2.38 bits per heavy atom.